The summed E-state index contributed by atoms with van der Waals surface area (Å²) in [7, 11) is -4.14. The normalized spacial score (nSPS) is 13.0. The number of unbranched alkanes of at least 4 members (excludes halogenated alkanes) is 13. The van der Waals surface area contributed by atoms with Gasteiger partial charge in [0.25, 0.3) is 10.1 Å². The first-order valence-electron chi connectivity index (χ1n) is 11.5. The molecule has 0 saturated heterocycles. The highest BCUT2D eigenvalue weighted by molar-refractivity contribution is 7.85. The molecule has 0 spiro atoms. The van der Waals surface area contributed by atoms with Crippen LogP contribution in [0, 0.1) is 0 Å². The molecule has 3 nitrogen and oxygen atoms in total. The molecule has 0 fully saturated rings. The van der Waals surface area contributed by atoms with E-state index in [0.29, 0.717) is 0 Å². The fraction of sp³-hybridized carbons (Fsp3) is 0.750. The Labute approximate surface area is 174 Å². The average molecular weight is 411 g/mol. The van der Waals surface area contributed by atoms with E-state index in [-0.39, 0.29) is 10.8 Å². The molecular formula is C24H42O3S. The fourth-order valence-corrected chi connectivity index (χ4v) is 4.74. The van der Waals surface area contributed by atoms with Crippen molar-refractivity contribution in [3.05, 3.63) is 29.8 Å². The summed E-state index contributed by atoms with van der Waals surface area (Å²) in [5.41, 5.74) is 0.736. The summed E-state index contributed by atoms with van der Waals surface area (Å²) in [6, 6.07) is 6.81. The van der Waals surface area contributed by atoms with Crippen LogP contribution < -0.4 is 0 Å². The smallest absolute Gasteiger partial charge is 0.282 e. The SMILES string of the molecule is CCCCCCCCCCCCCCCCC(C)c1ccccc1S(=O)(=O)O. The first kappa shape index (κ1) is 25.2. The minimum Gasteiger partial charge on any atom is -0.282 e. The van der Waals surface area contributed by atoms with E-state index in [1.54, 1.807) is 6.07 Å². The van der Waals surface area contributed by atoms with Gasteiger partial charge < -0.3 is 0 Å². The van der Waals surface area contributed by atoms with Crippen LogP contribution in [0.4, 0.5) is 0 Å². The van der Waals surface area contributed by atoms with E-state index in [1.807, 2.05) is 19.1 Å². The van der Waals surface area contributed by atoms with Crippen LogP contribution in [0.3, 0.4) is 0 Å². The maximum Gasteiger partial charge on any atom is 0.294 e. The second kappa shape index (κ2) is 15.0. The second-order valence-corrected chi connectivity index (χ2v) is 9.69. The van der Waals surface area contributed by atoms with E-state index in [4.69, 9.17) is 0 Å². The zero-order valence-corrected chi connectivity index (χ0v) is 19.0. The highest BCUT2D eigenvalue weighted by Gasteiger charge is 2.18. The predicted molar refractivity (Wildman–Crippen MR) is 120 cm³/mol. The van der Waals surface area contributed by atoms with Gasteiger partial charge >= 0.3 is 0 Å². The quantitative estimate of drug-likeness (QED) is 0.210. The molecule has 28 heavy (non-hydrogen) atoms. The van der Waals surface area contributed by atoms with Crippen molar-refractivity contribution in [3.8, 4) is 0 Å². The van der Waals surface area contributed by atoms with Crippen LogP contribution in [0.1, 0.15) is 122 Å². The standard InChI is InChI=1S/C24H42O3S/c1-3-4-5-6-7-8-9-10-11-12-13-14-15-16-19-22(2)23-20-17-18-21-24(23)28(25,26)27/h17-18,20-22H,3-16,19H2,1-2H3,(H,25,26,27). The molecule has 1 rings (SSSR count). The number of rotatable bonds is 17. The Morgan fingerprint density at radius 2 is 1.18 bits per heavy atom. The highest BCUT2D eigenvalue weighted by atomic mass is 32.2. The lowest BCUT2D eigenvalue weighted by Gasteiger charge is -2.14. The van der Waals surface area contributed by atoms with E-state index in [2.05, 4.69) is 6.92 Å². The summed E-state index contributed by atoms with van der Waals surface area (Å²) in [6.45, 7) is 4.32. The first-order chi connectivity index (χ1) is 13.5. The zero-order valence-electron chi connectivity index (χ0n) is 18.2. The molecule has 4 heteroatoms. The largest absolute Gasteiger partial charge is 0.294 e. The summed E-state index contributed by atoms with van der Waals surface area (Å²) in [4.78, 5) is 0.0628. The van der Waals surface area contributed by atoms with E-state index >= 15 is 0 Å². The molecule has 1 aromatic rings. The lowest BCUT2D eigenvalue weighted by molar-refractivity contribution is 0.479. The minimum absolute atomic E-state index is 0.0628. The van der Waals surface area contributed by atoms with Crippen molar-refractivity contribution in [1.29, 1.82) is 0 Å². The summed E-state index contributed by atoms with van der Waals surface area (Å²) in [6.07, 6.45) is 19.7. The molecule has 1 aromatic carbocycles. The second-order valence-electron chi connectivity index (χ2n) is 8.30. The van der Waals surface area contributed by atoms with Gasteiger partial charge in [-0.15, -0.1) is 0 Å². The fourth-order valence-electron chi connectivity index (χ4n) is 3.92. The van der Waals surface area contributed by atoms with Crippen LogP contribution in [0.15, 0.2) is 29.2 Å². The molecule has 0 aliphatic heterocycles. The van der Waals surface area contributed by atoms with Crippen molar-refractivity contribution in [3.63, 3.8) is 0 Å². The minimum atomic E-state index is -4.14. The lowest BCUT2D eigenvalue weighted by Crippen LogP contribution is -2.05. The van der Waals surface area contributed by atoms with E-state index < -0.39 is 10.1 Å². The van der Waals surface area contributed by atoms with E-state index in [9.17, 15) is 13.0 Å². The Morgan fingerprint density at radius 1 is 0.750 bits per heavy atom. The van der Waals surface area contributed by atoms with E-state index in [0.717, 1.165) is 18.4 Å². The van der Waals surface area contributed by atoms with Gasteiger partial charge in [-0.3, -0.25) is 4.55 Å². The van der Waals surface area contributed by atoms with Crippen LogP contribution in [-0.2, 0) is 10.1 Å². The van der Waals surface area contributed by atoms with Gasteiger partial charge in [-0.25, -0.2) is 0 Å². The molecule has 0 aliphatic carbocycles. The zero-order chi connectivity index (χ0) is 20.7. The van der Waals surface area contributed by atoms with Crippen molar-refractivity contribution in [2.45, 2.75) is 121 Å². The maximum atomic E-state index is 11.5. The summed E-state index contributed by atoms with van der Waals surface area (Å²) in [5, 5.41) is 0. The Bertz CT molecular complexity index is 610. The molecule has 0 radical (unpaired) electrons. The molecule has 0 bridgehead atoms. The molecule has 0 amide bonds. The van der Waals surface area contributed by atoms with Crippen molar-refractivity contribution in [1.82, 2.24) is 0 Å². The molecule has 0 saturated carbocycles. The van der Waals surface area contributed by atoms with Crippen molar-refractivity contribution >= 4 is 10.1 Å². The van der Waals surface area contributed by atoms with Crippen molar-refractivity contribution in [2.24, 2.45) is 0 Å². The predicted octanol–water partition coefficient (Wildman–Crippen LogP) is 7.91. The number of hydrogen-bond donors (Lipinski definition) is 1. The molecular weight excluding hydrogens is 368 g/mol. The molecule has 0 aromatic heterocycles. The molecule has 0 aliphatic rings. The topological polar surface area (TPSA) is 54.4 Å². The first-order valence-corrected chi connectivity index (χ1v) is 13.0. The van der Waals surface area contributed by atoms with Gasteiger partial charge in [0.1, 0.15) is 0 Å². The molecule has 1 unspecified atom stereocenters. The van der Waals surface area contributed by atoms with Crippen molar-refractivity contribution in [2.75, 3.05) is 0 Å². The Kier molecular flexibility index (Phi) is 13.5. The van der Waals surface area contributed by atoms with Gasteiger partial charge in [0.05, 0.1) is 4.90 Å². The Hall–Kier alpha value is -0.870. The Morgan fingerprint density at radius 3 is 1.64 bits per heavy atom. The van der Waals surface area contributed by atoms with Gasteiger partial charge in [-0.2, -0.15) is 8.42 Å². The Balaban J connectivity index is 2.04. The number of benzene rings is 1. The van der Waals surface area contributed by atoms with Gasteiger partial charge in [-0.1, -0.05) is 122 Å². The maximum absolute atomic E-state index is 11.5. The van der Waals surface area contributed by atoms with E-state index in [1.165, 1.54) is 89.5 Å². The third kappa shape index (κ3) is 11.2. The average Bonchev–Trinajstić information content (AvgIpc) is 2.67. The molecule has 1 N–H and O–H groups in total. The van der Waals surface area contributed by atoms with Crippen LogP contribution in [0.5, 0.6) is 0 Å². The van der Waals surface area contributed by atoms with Gasteiger partial charge in [-0.05, 0) is 24.0 Å². The van der Waals surface area contributed by atoms with Crippen molar-refractivity contribution < 1.29 is 13.0 Å². The summed E-state index contributed by atoms with van der Waals surface area (Å²) >= 11 is 0. The number of hydrogen-bond acceptors (Lipinski definition) is 2. The molecule has 1 atom stereocenters. The third-order valence-corrected chi connectivity index (χ3v) is 6.65. The van der Waals surface area contributed by atoms with Crippen LogP contribution in [0.2, 0.25) is 0 Å². The highest BCUT2D eigenvalue weighted by Crippen LogP contribution is 2.28. The molecule has 0 heterocycles. The molecule has 162 valence electrons. The van der Waals surface area contributed by atoms with Gasteiger partial charge in [0.2, 0.25) is 0 Å². The van der Waals surface area contributed by atoms with Crippen LogP contribution in [0.25, 0.3) is 0 Å². The van der Waals surface area contributed by atoms with Crippen LogP contribution >= 0.6 is 0 Å². The van der Waals surface area contributed by atoms with Crippen LogP contribution in [-0.4, -0.2) is 13.0 Å². The van der Waals surface area contributed by atoms with Gasteiger partial charge in [0.15, 0.2) is 0 Å². The summed E-state index contributed by atoms with van der Waals surface area (Å²) in [5.74, 6) is 0.149. The monoisotopic (exact) mass is 410 g/mol. The lowest BCUT2D eigenvalue weighted by atomic mass is 9.94. The van der Waals surface area contributed by atoms with Gasteiger partial charge in [0, 0.05) is 0 Å². The third-order valence-electron chi connectivity index (χ3n) is 5.72. The summed E-state index contributed by atoms with van der Waals surface area (Å²) < 4.78 is 32.4.